The van der Waals surface area contributed by atoms with Crippen molar-refractivity contribution in [3.05, 3.63) is 65.4 Å². The first-order valence-electron chi connectivity index (χ1n) is 7.59. The lowest BCUT2D eigenvalue weighted by atomic mass is 10.1. The van der Waals surface area contributed by atoms with E-state index in [1.807, 2.05) is 30.3 Å². The molecular weight excluding hydrogens is 401 g/mol. The van der Waals surface area contributed by atoms with E-state index in [0.29, 0.717) is 5.16 Å². The van der Waals surface area contributed by atoms with Crippen LogP contribution in [0, 0.1) is 0 Å². The van der Waals surface area contributed by atoms with Crippen LogP contribution in [-0.2, 0) is 11.0 Å². The second-order valence-corrected chi connectivity index (χ2v) is 6.71. The van der Waals surface area contributed by atoms with Gasteiger partial charge in [-0.3, -0.25) is 4.79 Å². The van der Waals surface area contributed by atoms with Gasteiger partial charge in [-0.2, -0.15) is 13.2 Å². The van der Waals surface area contributed by atoms with Crippen LogP contribution in [0.15, 0.2) is 60.0 Å². The summed E-state index contributed by atoms with van der Waals surface area (Å²) in [5.74, 6) is -0.748. The molecule has 0 atom stereocenters. The maximum absolute atomic E-state index is 13.1. The average molecular weight is 413 g/mol. The van der Waals surface area contributed by atoms with E-state index < -0.39 is 17.6 Å². The number of hydrogen-bond acceptors (Lipinski definition) is 4. The van der Waals surface area contributed by atoms with Gasteiger partial charge >= 0.3 is 6.18 Å². The van der Waals surface area contributed by atoms with Crippen LogP contribution in [0.5, 0.6) is 0 Å². The fourth-order valence-electron chi connectivity index (χ4n) is 2.20. The van der Waals surface area contributed by atoms with E-state index in [-0.39, 0.29) is 16.5 Å². The smallest absolute Gasteiger partial charge is 0.325 e. The number of carbonyl (C=O) groups excluding carboxylic acids is 1. The zero-order valence-corrected chi connectivity index (χ0v) is 15.1. The molecule has 0 radical (unpaired) electrons. The molecule has 0 unspecified atom stereocenters. The number of amides is 1. The molecule has 1 amide bonds. The zero-order valence-electron chi connectivity index (χ0n) is 13.6. The molecule has 1 N–H and O–H groups in total. The number of nitrogens with zero attached hydrogens (tertiary/aromatic N) is 3. The van der Waals surface area contributed by atoms with Crippen LogP contribution in [0.25, 0.3) is 5.69 Å². The standard InChI is InChI=1S/C17H12ClF3N4OS/c18-11-6-7-14(13(8-11)17(19,20)21)23-15(26)9-27-16-22-10-25(24-16)12-4-2-1-3-5-12/h1-8,10H,9H2,(H,23,26). The van der Waals surface area contributed by atoms with E-state index in [9.17, 15) is 18.0 Å². The van der Waals surface area contributed by atoms with Crippen LogP contribution >= 0.6 is 23.4 Å². The molecule has 3 aromatic rings. The van der Waals surface area contributed by atoms with Gasteiger partial charge in [-0.25, -0.2) is 9.67 Å². The molecule has 1 heterocycles. The molecule has 0 spiro atoms. The SMILES string of the molecule is O=C(CSc1ncn(-c2ccccc2)n1)Nc1ccc(Cl)cc1C(F)(F)F. The lowest BCUT2D eigenvalue weighted by Gasteiger charge is -2.13. The first kappa shape index (κ1) is 19.2. The third-order valence-electron chi connectivity index (χ3n) is 3.39. The molecule has 0 aliphatic heterocycles. The van der Waals surface area contributed by atoms with Crippen LogP contribution in [-0.4, -0.2) is 26.4 Å². The zero-order chi connectivity index (χ0) is 19.4. The van der Waals surface area contributed by atoms with E-state index in [1.165, 1.54) is 12.4 Å². The molecule has 0 saturated carbocycles. The highest BCUT2D eigenvalue weighted by Crippen LogP contribution is 2.36. The first-order chi connectivity index (χ1) is 12.8. The molecule has 0 aliphatic carbocycles. The van der Waals surface area contributed by atoms with Gasteiger partial charge in [-0.1, -0.05) is 41.6 Å². The molecule has 0 fully saturated rings. The van der Waals surface area contributed by atoms with E-state index in [1.54, 1.807) is 4.68 Å². The van der Waals surface area contributed by atoms with Crippen molar-refractivity contribution in [3.63, 3.8) is 0 Å². The summed E-state index contributed by atoms with van der Waals surface area (Å²) in [6, 6.07) is 12.4. The Bertz CT molecular complexity index is 947. The molecule has 5 nitrogen and oxygen atoms in total. The summed E-state index contributed by atoms with van der Waals surface area (Å²) < 4.78 is 40.7. The fourth-order valence-corrected chi connectivity index (χ4v) is 2.97. The summed E-state index contributed by atoms with van der Waals surface area (Å²) in [4.78, 5) is 16.1. The van der Waals surface area contributed by atoms with Gasteiger partial charge in [0, 0.05) is 5.02 Å². The molecular formula is C17H12ClF3N4OS. The first-order valence-corrected chi connectivity index (χ1v) is 8.96. The monoisotopic (exact) mass is 412 g/mol. The number of rotatable bonds is 5. The van der Waals surface area contributed by atoms with Gasteiger partial charge in [0.1, 0.15) is 6.33 Å². The highest BCUT2D eigenvalue weighted by molar-refractivity contribution is 7.99. The topological polar surface area (TPSA) is 59.8 Å². The normalized spacial score (nSPS) is 11.4. The molecule has 3 rings (SSSR count). The number of hydrogen-bond donors (Lipinski definition) is 1. The number of halogens is 4. The number of nitrogens with one attached hydrogen (secondary N) is 1. The van der Waals surface area contributed by atoms with Crippen LogP contribution in [0.3, 0.4) is 0 Å². The summed E-state index contributed by atoms with van der Waals surface area (Å²) in [5, 5.41) is 6.74. The Morgan fingerprint density at radius 1 is 1.19 bits per heavy atom. The number of anilines is 1. The van der Waals surface area contributed by atoms with Gasteiger partial charge in [0.05, 0.1) is 22.7 Å². The summed E-state index contributed by atoms with van der Waals surface area (Å²) in [5.41, 5.74) is -0.544. The Balaban J connectivity index is 1.64. The molecule has 2 aromatic carbocycles. The van der Waals surface area contributed by atoms with E-state index >= 15 is 0 Å². The molecule has 140 valence electrons. The van der Waals surface area contributed by atoms with Crippen molar-refractivity contribution in [3.8, 4) is 5.69 Å². The van der Waals surface area contributed by atoms with Crippen molar-refractivity contribution >= 4 is 35.0 Å². The van der Waals surface area contributed by atoms with Crippen molar-refractivity contribution in [2.45, 2.75) is 11.3 Å². The molecule has 1 aromatic heterocycles. The highest BCUT2D eigenvalue weighted by atomic mass is 35.5. The van der Waals surface area contributed by atoms with Crippen LogP contribution in [0.1, 0.15) is 5.56 Å². The lowest BCUT2D eigenvalue weighted by Crippen LogP contribution is -2.18. The van der Waals surface area contributed by atoms with Gasteiger partial charge in [-0.05, 0) is 30.3 Å². The van der Waals surface area contributed by atoms with Crippen molar-refractivity contribution < 1.29 is 18.0 Å². The maximum Gasteiger partial charge on any atom is 0.418 e. The molecule has 10 heteroatoms. The molecule has 27 heavy (non-hydrogen) atoms. The minimum absolute atomic E-state index is 0.0645. The molecule has 0 saturated heterocycles. The van der Waals surface area contributed by atoms with E-state index in [0.717, 1.165) is 29.6 Å². The van der Waals surface area contributed by atoms with Gasteiger partial charge in [0.2, 0.25) is 11.1 Å². The maximum atomic E-state index is 13.1. The second kappa shape index (κ2) is 8.01. The van der Waals surface area contributed by atoms with Crippen molar-refractivity contribution in [1.29, 1.82) is 0 Å². The van der Waals surface area contributed by atoms with Crippen LogP contribution in [0.4, 0.5) is 18.9 Å². The Morgan fingerprint density at radius 3 is 2.63 bits per heavy atom. The number of benzene rings is 2. The minimum atomic E-state index is -4.63. The summed E-state index contributed by atoms with van der Waals surface area (Å²) >= 11 is 6.64. The molecule has 0 bridgehead atoms. The average Bonchev–Trinajstić information content (AvgIpc) is 3.10. The number of alkyl halides is 3. The second-order valence-electron chi connectivity index (χ2n) is 5.33. The van der Waals surface area contributed by atoms with Gasteiger partial charge in [0.15, 0.2) is 0 Å². The Morgan fingerprint density at radius 2 is 1.93 bits per heavy atom. The van der Waals surface area contributed by atoms with Gasteiger partial charge in [-0.15, -0.1) is 5.10 Å². The van der Waals surface area contributed by atoms with Gasteiger partial charge < -0.3 is 5.32 Å². The van der Waals surface area contributed by atoms with Crippen molar-refractivity contribution in [1.82, 2.24) is 14.8 Å². The third kappa shape index (κ3) is 5.01. The largest absolute Gasteiger partial charge is 0.418 e. The Hall–Kier alpha value is -2.52. The Kier molecular flexibility index (Phi) is 5.71. The number of aromatic nitrogens is 3. The number of para-hydroxylation sites is 1. The third-order valence-corrected chi connectivity index (χ3v) is 4.47. The summed E-state index contributed by atoms with van der Waals surface area (Å²) in [7, 11) is 0. The van der Waals surface area contributed by atoms with Crippen molar-refractivity contribution in [2.75, 3.05) is 11.1 Å². The van der Waals surface area contributed by atoms with Gasteiger partial charge in [0.25, 0.3) is 0 Å². The quantitative estimate of drug-likeness (QED) is 0.619. The van der Waals surface area contributed by atoms with E-state index in [4.69, 9.17) is 11.6 Å². The lowest BCUT2D eigenvalue weighted by molar-refractivity contribution is -0.137. The number of carbonyl (C=O) groups is 1. The fraction of sp³-hybridized carbons (Fsp3) is 0.118. The highest BCUT2D eigenvalue weighted by Gasteiger charge is 2.34. The van der Waals surface area contributed by atoms with E-state index in [2.05, 4.69) is 15.4 Å². The predicted octanol–water partition coefficient (Wildman–Crippen LogP) is 4.67. The van der Waals surface area contributed by atoms with Crippen LogP contribution in [0.2, 0.25) is 5.02 Å². The Labute approximate surface area is 161 Å². The predicted molar refractivity (Wildman–Crippen MR) is 97.2 cm³/mol. The minimum Gasteiger partial charge on any atom is -0.325 e. The molecule has 0 aliphatic rings. The summed E-state index contributed by atoms with van der Waals surface area (Å²) in [6.07, 6.45) is -3.13. The van der Waals surface area contributed by atoms with Crippen LogP contribution < -0.4 is 5.32 Å². The van der Waals surface area contributed by atoms with Crippen molar-refractivity contribution in [2.24, 2.45) is 0 Å². The number of thioether (sulfide) groups is 1. The summed E-state index contributed by atoms with van der Waals surface area (Å²) in [6.45, 7) is 0.